The zero-order valence-electron chi connectivity index (χ0n) is 17.2. The lowest BCUT2D eigenvalue weighted by atomic mass is 10.1. The van der Waals surface area contributed by atoms with Gasteiger partial charge in [-0.25, -0.2) is 8.42 Å². The van der Waals surface area contributed by atoms with Gasteiger partial charge in [-0.2, -0.15) is 0 Å². The van der Waals surface area contributed by atoms with Crippen LogP contribution in [-0.4, -0.2) is 33.8 Å². The average molecular weight is 428 g/mol. The maximum atomic E-state index is 12.7. The quantitative estimate of drug-likeness (QED) is 0.710. The van der Waals surface area contributed by atoms with E-state index in [9.17, 15) is 13.2 Å². The predicted molar refractivity (Wildman–Crippen MR) is 118 cm³/mol. The second-order valence-electron chi connectivity index (χ2n) is 6.89. The van der Waals surface area contributed by atoms with E-state index >= 15 is 0 Å². The predicted octanol–water partition coefficient (Wildman–Crippen LogP) is 2.77. The molecule has 0 radical (unpaired) electrons. The van der Waals surface area contributed by atoms with Gasteiger partial charge in [0.25, 0.3) is 10.0 Å². The molecule has 8 heteroatoms. The Kier molecular flexibility index (Phi) is 6.56. The van der Waals surface area contributed by atoms with Crippen LogP contribution in [0.4, 0.5) is 0 Å². The number of sulfonamides is 1. The van der Waals surface area contributed by atoms with Crippen LogP contribution in [0.15, 0.2) is 59.1 Å². The van der Waals surface area contributed by atoms with E-state index in [1.165, 1.54) is 0 Å². The van der Waals surface area contributed by atoms with Crippen LogP contribution in [0.1, 0.15) is 30.0 Å². The van der Waals surface area contributed by atoms with Crippen LogP contribution in [0.3, 0.4) is 0 Å². The zero-order valence-corrected chi connectivity index (χ0v) is 18.0. The Hall–Kier alpha value is -3.13. The fourth-order valence-corrected chi connectivity index (χ4v) is 4.81. The van der Waals surface area contributed by atoms with Crippen LogP contribution in [0.25, 0.3) is 4.91 Å². The summed E-state index contributed by atoms with van der Waals surface area (Å²) < 4.78 is 33.1. The summed E-state index contributed by atoms with van der Waals surface area (Å²) in [7, 11) is -2.15. The van der Waals surface area contributed by atoms with Gasteiger partial charge in [0.2, 0.25) is 5.91 Å². The lowest BCUT2D eigenvalue weighted by molar-refractivity contribution is -0.119. The van der Waals surface area contributed by atoms with Crippen molar-refractivity contribution in [3.8, 4) is 5.75 Å². The van der Waals surface area contributed by atoms with Crippen molar-refractivity contribution >= 4 is 26.7 Å². The molecule has 30 heavy (non-hydrogen) atoms. The molecule has 1 aliphatic rings. The third-order valence-electron chi connectivity index (χ3n) is 4.78. The Bertz CT molecular complexity index is 1100. The first-order chi connectivity index (χ1) is 14.4. The molecule has 0 aliphatic carbocycles. The Labute approximate surface area is 176 Å². The second kappa shape index (κ2) is 9.13. The Morgan fingerprint density at radius 1 is 1.13 bits per heavy atom. The lowest BCUT2D eigenvalue weighted by Gasteiger charge is -2.09. The lowest BCUT2D eigenvalue weighted by Crippen LogP contribution is -2.28. The van der Waals surface area contributed by atoms with E-state index in [0.29, 0.717) is 29.9 Å². The van der Waals surface area contributed by atoms with Gasteiger partial charge in [0, 0.05) is 17.7 Å². The van der Waals surface area contributed by atoms with Gasteiger partial charge >= 0.3 is 0 Å². The van der Waals surface area contributed by atoms with E-state index in [4.69, 9.17) is 4.74 Å². The smallest absolute Gasteiger partial charge is 0.264 e. The normalized spacial score (nSPS) is 16.4. The number of ether oxygens (including phenoxy) is 1. The molecule has 2 N–H and O–H groups in total. The summed E-state index contributed by atoms with van der Waals surface area (Å²) in [6.45, 7) is 3.92. The van der Waals surface area contributed by atoms with Crippen LogP contribution in [0.2, 0.25) is 0 Å². The first-order valence-corrected chi connectivity index (χ1v) is 11.1. The molecule has 1 aliphatic heterocycles. The number of benzene rings is 2. The molecule has 0 spiro atoms. The van der Waals surface area contributed by atoms with Crippen molar-refractivity contribution in [1.29, 1.82) is 0 Å². The van der Waals surface area contributed by atoms with Crippen molar-refractivity contribution in [3.05, 3.63) is 70.8 Å². The average Bonchev–Trinajstić information content (AvgIpc) is 3.01. The van der Waals surface area contributed by atoms with E-state index in [-0.39, 0.29) is 23.2 Å². The summed E-state index contributed by atoms with van der Waals surface area (Å²) >= 11 is 0. The molecule has 0 saturated heterocycles. The number of methoxy groups -OCH3 is 1. The molecule has 0 atom stereocenters. The van der Waals surface area contributed by atoms with Gasteiger partial charge in [0.15, 0.2) is 0 Å². The number of aliphatic imine (C=N–C) groups is 1. The minimum atomic E-state index is -3.72. The van der Waals surface area contributed by atoms with Crippen molar-refractivity contribution in [2.24, 2.45) is 4.99 Å². The minimum Gasteiger partial charge on any atom is -0.496 e. The Balaban J connectivity index is 1.76. The largest absolute Gasteiger partial charge is 0.496 e. The van der Waals surface area contributed by atoms with Crippen molar-refractivity contribution in [2.75, 3.05) is 13.7 Å². The third kappa shape index (κ3) is 4.71. The Morgan fingerprint density at radius 3 is 2.50 bits per heavy atom. The van der Waals surface area contributed by atoms with Gasteiger partial charge in [-0.05, 0) is 25.0 Å². The molecular formula is C22H25N3O4S. The van der Waals surface area contributed by atoms with Gasteiger partial charge in [-0.1, -0.05) is 55.0 Å². The number of hydrogen-bond donors (Lipinski definition) is 2. The molecule has 1 heterocycles. The van der Waals surface area contributed by atoms with Crippen LogP contribution in [0, 0.1) is 6.92 Å². The van der Waals surface area contributed by atoms with Gasteiger partial charge in [-0.3, -0.25) is 14.5 Å². The molecule has 0 aromatic heterocycles. The number of para-hydroxylation sites is 1. The highest BCUT2D eigenvalue weighted by Crippen LogP contribution is 2.31. The monoisotopic (exact) mass is 427 g/mol. The molecule has 1 amide bonds. The SMILES string of the molecule is CCC1=C(c2ccc(C)cc2)S(=O)(=O)NC1=NCC(=O)NCc1ccccc1OC. The number of nitrogens with zero attached hydrogens (tertiary/aromatic N) is 1. The molecule has 0 saturated carbocycles. The van der Waals surface area contributed by atoms with Crippen LogP contribution in [0.5, 0.6) is 5.75 Å². The number of amidine groups is 1. The maximum absolute atomic E-state index is 12.7. The standard InChI is InChI=1S/C22H25N3O4S/c1-4-18-21(16-11-9-15(2)10-12-16)30(27,28)25-22(18)24-14-20(26)23-13-17-7-5-6-8-19(17)29-3/h5-12H,4,13-14H2,1-3H3,(H,23,26)(H,24,25). The Morgan fingerprint density at radius 2 is 1.83 bits per heavy atom. The highest BCUT2D eigenvalue weighted by Gasteiger charge is 2.34. The number of rotatable bonds is 7. The van der Waals surface area contributed by atoms with E-state index < -0.39 is 10.0 Å². The number of hydrogen-bond acceptors (Lipinski definition) is 5. The van der Waals surface area contributed by atoms with E-state index in [1.54, 1.807) is 19.2 Å². The van der Waals surface area contributed by atoms with E-state index in [1.807, 2.05) is 50.2 Å². The van der Waals surface area contributed by atoms with Crippen LogP contribution >= 0.6 is 0 Å². The molecule has 2 aromatic carbocycles. The summed E-state index contributed by atoms with van der Waals surface area (Å²) in [6, 6.07) is 14.7. The molecule has 158 valence electrons. The molecule has 7 nitrogen and oxygen atoms in total. The number of carbonyl (C=O) groups is 1. The molecule has 0 unspecified atom stereocenters. The molecule has 0 bridgehead atoms. The van der Waals surface area contributed by atoms with Crippen molar-refractivity contribution in [1.82, 2.24) is 10.0 Å². The summed E-state index contributed by atoms with van der Waals surface area (Å²) in [5, 5.41) is 2.78. The maximum Gasteiger partial charge on any atom is 0.264 e. The van der Waals surface area contributed by atoms with Crippen LogP contribution < -0.4 is 14.8 Å². The number of carbonyl (C=O) groups excluding carboxylic acids is 1. The summed E-state index contributed by atoms with van der Waals surface area (Å²) in [6.07, 6.45) is 0.469. The fraction of sp³-hybridized carbons (Fsp3) is 0.273. The summed E-state index contributed by atoms with van der Waals surface area (Å²) in [5.41, 5.74) is 3.08. The van der Waals surface area contributed by atoms with Crippen molar-refractivity contribution in [3.63, 3.8) is 0 Å². The third-order valence-corrected chi connectivity index (χ3v) is 6.26. The summed E-state index contributed by atoms with van der Waals surface area (Å²) in [4.78, 5) is 16.7. The van der Waals surface area contributed by atoms with Gasteiger partial charge in [-0.15, -0.1) is 0 Å². The molecule has 0 fully saturated rings. The molecular weight excluding hydrogens is 402 g/mol. The number of nitrogens with one attached hydrogen (secondary N) is 2. The molecule has 2 aromatic rings. The fourth-order valence-electron chi connectivity index (χ4n) is 3.25. The van der Waals surface area contributed by atoms with E-state index in [2.05, 4.69) is 15.0 Å². The minimum absolute atomic E-state index is 0.183. The van der Waals surface area contributed by atoms with Crippen molar-refractivity contribution in [2.45, 2.75) is 26.8 Å². The number of aryl methyl sites for hydroxylation is 1. The van der Waals surface area contributed by atoms with Gasteiger partial charge in [0.05, 0.1) is 7.11 Å². The number of amides is 1. The summed E-state index contributed by atoms with van der Waals surface area (Å²) in [5.74, 6) is 0.596. The highest BCUT2D eigenvalue weighted by molar-refractivity contribution is 8.00. The highest BCUT2D eigenvalue weighted by atomic mass is 32.2. The van der Waals surface area contributed by atoms with Gasteiger partial charge < -0.3 is 10.1 Å². The van der Waals surface area contributed by atoms with E-state index in [0.717, 1.165) is 11.1 Å². The van der Waals surface area contributed by atoms with Crippen LogP contribution in [-0.2, 0) is 21.4 Å². The van der Waals surface area contributed by atoms with Gasteiger partial charge in [0.1, 0.15) is 23.0 Å². The topological polar surface area (TPSA) is 96.9 Å². The zero-order chi connectivity index (χ0) is 21.7. The van der Waals surface area contributed by atoms with Crippen molar-refractivity contribution < 1.29 is 17.9 Å². The molecule has 3 rings (SSSR count). The second-order valence-corrected chi connectivity index (χ2v) is 8.51. The first-order valence-electron chi connectivity index (χ1n) is 9.62. The first kappa shape index (κ1) is 21.6.